The lowest BCUT2D eigenvalue weighted by Crippen LogP contribution is -2.22. The molecule has 0 saturated heterocycles. The summed E-state index contributed by atoms with van der Waals surface area (Å²) in [7, 11) is 0. The molecule has 36 heavy (non-hydrogen) atoms. The number of rotatable bonds is 7. The summed E-state index contributed by atoms with van der Waals surface area (Å²) in [5, 5.41) is 18.7. The molecule has 0 atom stereocenters. The molecule has 0 saturated carbocycles. The van der Waals surface area contributed by atoms with Crippen molar-refractivity contribution in [3.05, 3.63) is 75.3 Å². The van der Waals surface area contributed by atoms with Crippen molar-refractivity contribution >= 4 is 17.6 Å². The van der Waals surface area contributed by atoms with Gasteiger partial charge < -0.3 is 14.4 Å². The van der Waals surface area contributed by atoms with Crippen LogP contribution in [-0.4, -0.2) is 26.7 Å². The molecule has 1 aromatic carbocycles. The second-order valence-electron chi connectivity index (χ2n) is 8.25. The van der Waals surface area contributed by atoms with E-state index < -0.39 is 23.7 Å². The molecule has 192 valence electrons. The molecular formula is C27H30ClF2N3O3. The molecule has 9 heteroatoms. The van der Waals surface area contributed by atoms with Crippen molar-refractivity contribution in [1.82, 2.24) is 9.55 Å². The van der Waals surface area contributed by atoms with E-state index in [2.05, 4.69) is 4.98 Å². The predicted molar refractivity (Wildman–Crippen MR) is 135 cm³/mol. The number of carbonyl (C=O) groups excluding carboxylic acids is 1. The van der Waals surface area contributed by atoms with Crippen LogP contribution in [0.4, 0.5) is 8.78 Å². The molecule has 0 fully saturated rings. The molecule has 0 aliphatic carbocycles. The highest BCUT2D eigenvalue weighted by molar-refractivity contribution is 6.30. The van der Waals surface area contributed by atoms with Crippen LogP contribution < -0.4 is 0 Å². The van der Waals surface area contributed by atoms with Crippen LogP contribution in [0.3, 0.4) is 0 Å². The van der Waals surface area contributed by atoms with Gasteiger partial charge in [0.15, 0.2) is 0 Å². The number of benzene rings is 1. The Balaban J connectivity index is 0.00000222. The monoisotopic (exact) mass is 517 g/mol. The average molecular weight is 518 g/mol. The predicted octanol–water partition coefficient (Wildman–Crippen LogP) is 6.63. The van der Waals surface area contributed by atoms with Crippen molar-refractivity contribution in [3.63, 3.8) is 0 Å². The molecule has 2 heterocycles. The van der Waals surface area contributed by atoms with Crippen LogP contribution in [0, 0.1) is 18.3 Å². The van der Waals surface area contributed by atoms with Crippen LogP contribution in [0.15, 0.2) is 36.5 Å². The van der Waals surface area contributed by atoms with Gasteiger partial charge in [0, 0.05) is 36.5 Å². The van der Waals surface area contributed by atoms with Crippen LogP contribution in [0.2, 0.25) is 5.15 Å². The van der Waals surface area contributed by atoms with Crippen molar-refractivity contribution < 1.29 is 23.4 Å². The van der Waals surface area contributed by atoms with Crippen LogP contribution in [0.5, 0.6) is 0 Å². The Kier molecular flexibility index (Phi) is 9.74. The molecule has 0 radical (unpaired) electrons. The zero-order chi connectivity index (χ0) is 27.2. The number of carbonyl (C=O) groups is 1. The maximum atomic E-state index is 15.1. The lowest BCUT2D eigenvalue weighted by Gasteiger charge is -2.19. The van der Waals surface area contributed by atoms with Gasteiger partial charge in [0.25, 0.3) is 5.92 Å². The summed E-state index contributed by atoms with van der Waals surface area (Å²) in [5.41, 5.74) is 1.78. The molecular weight excluding hydrogens is 488 g/mol. The van der Waals surface area contributed by atoms with Gasteiger partial charge in [-0.2, -0.15) is 14.0 Å². The zero-order valence-corrected chi connectivity index (χ0v) is 22.0. The molecule has 0 aliphatic heterocycles. The number of nitrogens with zero attached hydrogens (tertiary/aromatic N) is 3. The lowest BCUT2D eigenvalue weighted by molar-refractivity contribution is 0.00521. The lowest BCUT2D eigenvalue weighted by atomic mass is 9.98. The van der Waals surface area contributed by atoms with E-state index in [1.165, 1.54) is 10.8 Å². The topological polar surface area (TPSA) is 88.1 Å². The third-order valence-corrected chi connectivity index (χ3v) is 5.61. The number of hydrogen-bond donors (Lipinski definition) is 1. The van der Waals surface area contributed by atoms with Crippen LogP contribution in [-0.2, 0) is 23.8 Å². The first-order chi connectivity index (χ1) is 17.0. The molecule has 0 unspecified atom stereocenters. The highest BCUT2D eigenvalue weighted by Gasteiger charge is 2.39. The second-order valence-corrected chi connectivity index (χ2v) is 8.61. The second kappa shape index (κ2) is 12.1. The average Bonchev–Trinajstić information content (AvgIpc) is 3.13. The van der Waals surface area contributed by atoms with Gasteiger partial charge in [0.1, 0.15) is 10.8 Å². The summed E-state index contributed by atoms with van der Waals surface area (Å²) in [6, 6.07) is 9.95. The van der Waals surface area contributed by atoms with Crippen molar-refractivity contribution in [3.8, 4) is 17.2 Å². The summed E-state index contributed by atoms with van der Waals surface area (Å²) >= 11 is 5.98. The van der Waals surface area contributed by atoms with E-state index in [0.29, 0.717) is 33.5 Å². The highest BCUT2D eigenvalue weighted by Crippen LogP contribution is 2.41. The van der Waals surface area contributed by atoms with E-state index >= 15 is 8.78 Å². The SMILES string of the molecule is CC.Cc1c(-c2ccc(C#N)cc2)c(C(=O)OC(C)C)c(C(C)(F)F)n1Cc1cnc(Cl)c(CO)c1. The molecule has 1 N–H and O–H groups in total. The molecule has 3 rings (SSSR count). The molecule has 6 nitrogen and oxygen atoms in total. The van der Waals surface area contributed by atoms with Gasteiger partial charge in [-0.1, -0.05) is 37.6 Å². The Morgan fingerprint density at radius 2 is 1.89 bits per heavy atom. The summed E-state index contributed by atoms with van der Waals surface area (Å²) in [6.07, 6.45) is 0.919. The molecule has 0 bridgehead atoms. The summed E-state index contributed by atoms with van der Waals surface area (Å²) < 4.78 is 36.8. The van der Waals surface area contributed by atoms with E-state index in [0.717, 1.165) is 6.92 Å². The number of halogens is 3. The fourth-order valence-corrected chi connectivity index (χ4v) is 4.01. The van der Waals surface area contributed by atoms with Crippen molar-refractivity contribution in [2.24, 2.45) is 0 Å². The number of aliphatic hydroxyl groups excluding tert-OH is 1. The molecule has 0 amide bonds. The summed E-state index contributed by atoms with van der Waals surface area (Å²) in [4.78, 5) is 17.1. The minimum atomic E-state index is -3.39. The molecule has 3 aromatic rings. The third kappa shape index (κ3) is 6.28. The number of aromatic nitrogens is 2. The minimum absolute atomic E-state index is 0.0417. The van der Waals surface area contributed by atoms with Gasteiger partial charge in [-0.15, -0.1) is 0 Å². The van der Waals surface area contributed by atoms with Gasteiger partial charge in [0.05, 0.1) is 29.9 Å². The van der Waals surface area contributed by atoms with Crippen LogP contribution in [0.25, 0.3) is 11.1 Å². The highest BCUT2D eigenvalue weighted by atomic mass is 35.5. The normalized spacial score (nSPS) is 11.1. The summed E-state index contributed by atoms with van der Waals surface area (Å²) in [6.45, 7) is 9.26. The summed E-state index contributed by atoms with van der Waals surface area (Å²) in [5.74, 6) is -4.25. The van der Waals surface area contributed by atoms with Crippen molar-refractivity contribution in [2.45, 2.75) is 66.7 Å². The van der Waals surface area contributed by atoms with Crippen molar-refractivity contribution in [1.29, 1.82) is 5.26 Å². The third-order valence-electron chi connectivity index (χ3n) is 5.27. The first kappa shape index (κ1) is 29.0. The van der Waals surface area contributed by atoms with Crippen molar-refractivity contribution in [2.75, 3.05) is 0 Å². The Labute approximate surface area is 215 Å². The first-order valence-corrected chi connectivity index (χ1v) is 11.9. The fraction of sp³-hybridized carbons (Fsp3) is 0.370. The van der Waals surface area contributed by atoms with Crippen LogP contribution in [0.1, 0.15) is 73.1 Å². The number of alkyl halides is 2. The van der Waals surface area contributed by atoms with E-state index in [-0.39, 0.29) is 23.9 Å². The van der Waals surface area contributed by atoms with Crippen LogP contribution >= 0.6 is 11.6 Å². The molecule has 2 aromatic heterocycles. The van der Waals surface area contributed by atoms with E-state index in [1.54, 1.807) is 51.1 Å². The standard InChI is InChI=1S/C25H24ClF2N3O3.C2H6/c1-14(2)34-24(33)21-20(18-7-5-16(10-29)6-8-18)15(3)31(22(21)25(4,27)28)12-17-9-19(13-32)23(26)30-11-17;1-2/h5-9,11,14,32H,12-13H2,1-4H3;1-2H3. The number of hydrogen-bond acceptors (Lipinski definition) is 5. The number of pyridine rings is 1. The molecule has 0 spiro atoms. The van der Waals surface area contributed by atoms with Gasteiger partial charge in [-0.05, 0) is 50.1 Å². The number of esters is 1. The quantitative estimate of drug-likeness (QED) is 0.281. The Morgan fingerprint density at radius 1 is 1.28 bits per heavy atom. The largest absolute Gasteiger partial charge is 0.459 e. The van der Waals surface area contributed by atoms with E-state index in [1.807, 2.05) is 19.9 Å². The van der Waals surface area contributed by atoms with Gasteiger partial charge >= 0.3 is 5.97 Å². The van der Waals surface area contributed by atoms with E-state index in [4.69, 9.17) is 21.6 Å². The van der Waals surface area contributed by atoms with Gasteiger partial charge in [-0.3, -0.25) is 0 Å². The smallest absolute Gasteiger partial charge is 0.341 e. The fourth-order valence-electron chi connectivity index (χ4n) is 3.85. The van der Waals surface area contributed by atoms with Gasteiger partial charge in [-0.25, -0.2) is 9.78 Å². The van der Waals surface area contributed by atoms with E-state index in [9.17, 15) is 9.90 Å². The number of ether oxygens (including phenoxy) is 1. The zero-order valence-electron chi connectivity index (χ0n) is 21.2. The maximum absolute atomic E-state index is 15.1. The Bertz CT molecular complexity index is 1260. The minimum Gasteiger partial charge on any atom is -0.459 e. The Morgan fingerprint density at radius 3 is 2.39 bits per heavy atom. The number of aliphatic hydroxyl groups is 1. The Hall–Kier alpha value is -3.28. The maximum Gasteiger partial charge on any atom is 0.341 e. The number of nitriles is 1. The first-order valence-electron chi connectivity index (χ1n) is 11.5. The van der Waals surface area contributed by atoms with Gasteiger partial charge in [0.2, 0.25) is 0 Å². The molecule has 0 aliphatic rings.